The van der Waals surface area contributed by atoms with Crippen LogP contribution in [0.4, 0.5) is 13.9 Å². The highest BCUT2D eigenvalue weighted by Crippen LogP contribution is 2.28. The van der Waals surface area contributed by atoms with E-state index in [2.05, 4.69) is 10.3 Å². The quantitative estimate of drug-likeness (QED) is 0.550. The molecule has 0 saturated heterocycles. The summed E-state index contributed by atoms with van der Waals surface area (Å²) in [5.41, 5.74) is 0.943. The molecule has 0 aliphatic carbocycles. The number of thiazole rings is 1. The van der Waals surface area contributed by atoms with Crippen LogP contribution in [0.5, 0.6) is 0 Å². The van der Waals surface area contributed by atoms with Gasteiger partial charge in [-0.05, 0) is 42.8 Å². The molecule has 31 heavy (non-hydrogen) atoms. The van der Waals surface area contributed by atoms with Crippen molar-refractivity contribution in [3.63, 3.8) is 0 Å². The average molecular weight is 466 g/mol. The number of halogens is 2. The first kappa shape index (κ1) is 23.0. The lowest BCUT2D eigenvalue weighted by molar-refractivity contribution is 0.102. The van der Waals surface area contributed by atoms with Gasteiger partial charge in [0.25, 0.3) is 5.91 Å². The largest absolute Gasteiger partial charge is 0.298 e. The van der Waals surface area contributed by atoms with Gasteiger partial charge in [0.05, 0.1) is 10.6 Å². The number of benzene rings is 2. The summed E-state index contributed by atoms with van der Waals surface area (Å²) < 4.78 is 54.3. The normalized spacial score (nSPS) is 11.7. The molecule has 0 fully saturated rings. The van der Waals surface area contributed by atoms with E-state index in [4.69, 9.17) is 0 Å². The second-order valence-electron chi connectivity index (χ2n) is 6.68. The minimum Gasteiger partial charge on any atom is -0.298 e. The van der Waals surface area contributed by atoms with Crippen LogP contribution in [0.3, 0.4) is 0 Å². The smallest absolute Gasteiger partial charge is 0.257 e. The van der Waals surface area contributed by atoms with Gasteiger partial charge in [-0.3, -0.25) is 10.1 Å². The van der Waals surface area contributed by atoms with Crippen molar-refractivity contribution in [1.82, 2.24) is 9.29 Å². The molecule has 1 N–H and O–H groups in total. The average Bonchev–Trinajstić information content (AvgIpc) is 3.18. The predicted octanol–water partition coefficient (Wildman–Crippen LogP) is 4.68. The third-order valence-corrected chi connectivity index (χ3v) is 7.53. The van der Waals surface area contributed by atoms with Crippen molar-refractivity contribution in [2.45, 2.75) is 25.7 Å². The Labute approximate surface area is 183 Å². The first-order valence-electron chi connectivity index (χ1n) is 9.50. The van der Waals surface area contributed by atoms with Gasteiger partial charge in [0.15, 0.2) is 5.13 Å². The van der Waals surface area contributed by atoms with Crippen LogP contribution in [0.25, 0.3) is 11.3 Å². The zero-order valence-electron chi connectivity index (χ0n) is 17.1. The van der Waals surface area contributed by atoms with E-state index < -0.39 is 27.6 Å². The second kappa shape index (κ2) is 9.21. The van der Waals surface area contributed by atoms with Gasteiger partial charge in [0, 0.05) is 29.6 Å². The van der Waals surface area contributed by atoms with Crippen molar-refractivity contribution in [2.24, 2.45) is 0 Å². The van der Waals surface area contributed by atoms with Gasteiger partial charge in [-0.2, -0.15) is 4.31 Å². The highest BCUT2D eigenvalue weighted by atomic mass is 32.2. The van der Waals surface area contributed by atoms with Crippen LogP contribution in [-0.2, 0) is 10.0 Å². The zero-order valence-corrected chi connectivity index (χ0v) is 18.8. The Balaban J connectivity index is 1.88. The summed E-state index contributed by atoms with van der Waals surface area (Å²) in [4.78, 5) is 17.0. The number of aryl methyl sites for hydroxylation is 1. The van der Waals surface area contributed by atoms with E-state index in [1.54, 1.807) is 26.8 Å². The first-order chi connectivity index (χ1) is 14.7. The Morgan fingerprint density at radius 2 is 1.84 bits per heavy atom. The molecule has 1 amide bonds. The lowest BCUT2D eigenvalue weighted by Crippen LogP contribution is -2.30. The van der Waals surface area contributed by atoms with Gasteiger partial charge in [-0.15, -0.1) is 11.3 Å². The molecule has 1 heterocycles. The van der Waals surface area contributed by atoms with Gasteiger partial charge >= 0.3 is 0 Å². The predicted molar refractivity (Wildman–Crippen MR) is 117 cm³/mol. The van der Waals surface area contributed by atoms with Crippen LogP contribution in [0, 0.1) is 18.6 Å². The van der Waals surface area contributed by atoms with Gasteiger partial charge in [-0.25, -0.2) is 22.2 Å². The molecule has 0 aliphatic heterocycles. The van der Waals surface area contributed by atoms with Crippen LogP contribution >= 0.6 is 11.3 Å². The van der Waals surface area contributed by atoms with Crippen LogP contribution in [-0.4, -0.2) is 36.7 Å². The number of nitrogens with one attached hydrogen (secondary N) is 1. The van der Waals surface area contributed by atoms with Crippen molar-refractivity contribution in [2.75, 3.05) is 18.4 Å². The van der Waals surface area contributed by atoms with Crippen molar-refractivity contribution < 1.29 is 22.0 Å². The molecule has 0 bridgehead atoms. The van der Waals surface area contributed by atoms with Gasteiger partial charge in [0.1, 0.15) is 11.6 Å². The topological polar surface area (TPSA) is 79.4 Å². The Morgan fingerprint density at radius 3 is 2.52 bits per heavy atom. The van der Waals surface area contributed by atoms with Crippen LogP contribution in [0.15, 0.2) is 46.7 Å². The molecule has 3 aromatic rings. The van der Waals surface area contributed by atoms with Gasteiger partial charge < -0.3 is 0 Å². The maximum Gasteiger partial charge on any atom is 0.257 e. The summed E-state index contributed by atoms with van der Waals surface area (Å²) in [6.45, 7) is 5.80. The molecule has 1 aromatic heterocycles. The number of rotatable bonds is 7. The number of hydrogen-bond acceptors (Lipinski definition) is 5. The number of anilines is 1. The summed E-state index contributed by atoms with van der Waals surface area (Å²) in [7, 11) is -3.72. The number of aromatic nitrogens is 1. The third kappa shape index (κ3) is 4.81. The van der Waals surface area contributed by atoms with E-state index in [-0.39, 0.29) is 26.8 Å². The van der Waals surface area contributed by atoms with Crippen LogP contribution in [0.2, 0.25) is 0 Å². The molecule has 10 heteroatoms. The summed E-state index contributed by atoms with van der Waals surface area (Å²) in [6, 6.07) is 7.42. The van der Waals surface area contributed by atoms with E-state index in [1.165, 1.54) is 21.8 Å². The number of nitrogens with zero attached hydrogens (tertiary/aromatic N) is 2. The van der Waals surface area contributed by atoms with Gasteiger partial charge in [-0.1, -0.05) is 19.9 Å². The van der Waals surface area contributed by atoms with Crippen molar-refractivity contribution >= 4 is 32.4 Å². The summed E-state index contributed by atoms with van der Waals surface area (Å²) in [6.07, 6.45) is 0. The zero-order chi connectivity index (χ0) is 22.8. The van der Waals surface area contributed by atoms with Crippen LogP contribution in [0.1, 0.15) is 29.8 Å². The van der Waals surface area contributed by atoms with Crippen LogP contribution < -0.4 is 5.32 Å². The Hall–Kier alpha value is -2.69. The molecular weight excluding hydrogens is 444 g/mol. The molecule has 164 valence electrons. The molecule has 0 saturated carbocycles. The lowest BCUT2D eigenvalue weighted by atomic mass is 10.1. The van der Waals surface area contributed by atoms with E-state index >= 15 is 0 Å². The maximum atomic E-state index is 14.0. The standard InChI is InChI=1S/C21H21F2N3O3S2/c1-4-26(5-2)31(28,29)15-8-6-13(3)16(11-15)20(27)25-21-24-19(12-30-21)17-10-14(22)7-9-18(17)23/h6-12H,4-5H2,1-3H3,(H,24,25,27). The highest BCUT2D eigenvalue weighted by molar-refractivity contribution is 7.89. The van der Waals surface area contributed by atoms with Gasteiger partial charge in [0.2, 0.25) is 10.0 Å². The maximum absolute atomic E-state index is 14.0. The number of amides is 1. The first-order valence-corrected chi connectivity index (χ1v) is 11.8. The van der Waals surface area contributed by atoms with E-state index in [9.17, 15) is 22.0 Å². The monoisotopic (exact) mass is 465 g/mol. The van der Waals surface area contributed by atoms with E-state index in [0.29, 0.717) is 18.7 Å². The van der Waals surface area contributed by atoms with Crippen molar-refractivity contribution in [3.05, 3.63) is 64.5 Å². The fourth-order valence-corrected chi connectivity index (χ4v) is 5.22. The van der Waals surface area contributed by atoms with E-state index in [0.717, 1.165) is 29.5 Å². The molecule has 0 unspecified atom stereocenters. The fraction of sp³-hybridized carbons (Fsp3) is 0.238. The fourth-order valence-electron chi connectivity index (χ4n) is 3.03. The third-order valence-electron chi connectivity index (χ3n) is 4.73. The molecule has 0 aliphatic rings. The molecule has 0 radical (unpaired) electrons. The summed E-state index contributed by atoms with van der Waals surface area (Å²) >= 11 is 1.05. The molecular formula is C21H21F2N3O3S2. The summed E-state index contributed by atoms with van der Waals surface area (Å²) in [5, 5.41) is 4.29. The molecule has 3 rings (SSSR count). The molecule has 0 atom stereocenters. The minimum atomic E-state index is -3.72. The second-order valence-corrected chi connectivity index (χ2v) is 9.48. The van der Waals surface area contributed by atoms with Crippen molar-refractivity contribution in [3.8, 4) is 11.3 Å². The Morgan fingerprint density at radius 1 is 1.13 bits per heavy atom. The minimum absolute atomic E-state index is 0.0137. The number of carbonyl (C=O) groups is 1. The highest BCUT2D eigenvalue weighted by Gasteiger charge is 2.24. The summed E-state index contributed by atoms with van der Waals surface area (Å²) in [5.74, 6) is -1.78. The Kier molecular flexibility index (Phi) is 6.83. The van der Waals surface area contributed by atoms with Crippen molar-refractivity contribution in [1.29, 1.82) is 0 Å². The number of sulfonamides is 1. The lowest BCUT2D eigenvalue weighted by Gasteiger charge is -2.19. The molecule has 6 nitrogen and oxygen atoms in total. The molecule has 2 aromatic carbocycles. The van der Waals surface area contributed by atoms with E-state index in [1.807, 2.05) is 0 Å². The number of carbonyl (C=O) groups excluding carboxylic acids is 1. The number of hydrogen-bond donors (Lipinski definition) is 1. The molecule has 0 spiro atoms. The Bertz CT molecular complexity index is 1220. The SMILES string of the molecule is CCN(CC)S(=O)(=O)c1ccc(C)c(C(=O)Nc2nc(-c3cc(F)ccc3F)cs2)c1.